The van der Waals surface area contributed by atoms with Crippen molar-refractivity contribution in [1.82, 2.24) is 0 Å². The maximum absolute atomic E-state index is 13.8. The van der Waals surface area contributed by atoms with Crippen molar-refractivity contribution in [2.45, 2.75) is 31.8 Å². The fraction of sp³-hybridized carbons (Fsp3) is 0.462. The number of methoxy groups -OCH3 is 1. The number of aliphatic hydroxyl groups is 1. The molecule has 0 aromatic heterocycles. The molecule has 3 unspecified atom stereocenters. The summed E-state index contributed by atoms with van der Waals surface area (Å²) in [5, 5.41) is 9.55. The van der Waals surface area contributed by atoms with Crippen LogP contribution in [0.1, 0.15) is 25.0 Å². The van der Waals surface area contributed by atoms with E-state index in [1.54, 1.807) is 0 Å². The number of hydrogen-bond acceptors (Lipinski definition) is 4. The Bertz CT molecular complexity index is 593. The molecule has 4 nitrogen and oxygen atoms in total. The molecule has 1 aliphatic rings. The summed E-state index contributed by atoms with van der Waals surface area (Å²) in [7, 11) is 1.04. The number of hydrogen-bond donors (Lipinski definition) is 1. The second kappa shape index (κ2) is 6.17. The molecule has 9 heteroatoms. The summed E-state index contributed by atoms with van der Waals surface area (Å²) < 4.78 is 76.7. The lowest BCUT2D eigenvalue weighted by atomic mass is 10.00. The van der Waals surface area contributed by atoms with E-state index < -0.39 is 53.1 Å². The summed E-state index contributed by atoms with van der Waals surface area (Å²) in [4.78, 5) is 3.86. The minimum absolute atomic E-state index is 0.143. The first-order valence-corrected chi connectivity index (χ1v) is 6.21. The maximum Gasteiger partial charge on any atom is 0.221 e. The molecule has 0 radical (unpaired) electrons. The van der Waals surface area contributed by atoms with E-state index in [4.69, 9.17) is 9.47 Å². The van der Waals surface area contributed by atoms with Crippen molar-refractivity contribution in [1.29, 1.82) is 0 Å². The topological polar surface area (TPSA) is 51.0 Å². The van der Waals surface area contributed by atoms with Gasteiger partial charge in [-0.2, -0.15) is 0 Å². The first-order valence-electron chi connectivity index (χ1n) is 6.21. The van der Waals surface area contributed by atoms with Crippen LogP contribution in [0.2, 0.25) is 0 Å². The number of benzene rings is 1. The van der Waals surface area contributed by atoms with E-state index in [-0.39, 0.29) is 12.3 Å². The van der Waals surface area contributed by atoms with E-state index in [0.717, 1.165) is 7.11 Å². The second-order valence-electron chi connectivity index (χ2n) is 4.67. The summed E-state index contributed by atoms with van der Waals surface area (Å²) in [5.74, 6) is -10.2. The zero-order valence-electron chi connectivity index (χ0n) is 11.5. The lowest BCUT2D eigenvalue weighted by molar-refractivity contribution is -0.0412. The van der Waals surface area contributed by atoms with Gasteiger partial charge in [-0.3, -0.25) is 0 Å². The largest absolute Gasteiger partial charge is 0.450 e. The number of ether oxygens (including phenoxy) is 2. The highest BCUT2D eigenvalue weighted by atomic mass is 19.2. The Morgan fingerprint density at radius 1 is 1.09 bits per heavy atom. The van der Waals surface area contributed by atoms with E-state index in [9.17, 15) is 27.1 Å². The fourth-order valence-corrected chi connectivity index (χ4v) is 2.21. The first-order chi connectivity index (χ1) is 10.3. The third-order valence-electron chi connectivity index (χ3n) is 3.27. The van der Waals surface area contributed by atoms with Crippen molar-refractivity contribution in [2.24, 2.45) is 4.99 Å². The maximum atomic E-state index is 13.8. The highest BCUT2D eigenvalue weighted by molar-refractivity contribution is 5.75. The van der Waals surface area contributed by atoms with Gasteiger partial charge in [0.25, 0.3) is 0 Å². The lowest BCUT2D eigenvalue weighted by Crippen LogP contribution is -2.25. The molecule has 1 aromatic rings. The zero-order chi connectivity index (χ0) is 16.6. The van der Waals surface area contributed by atoms with Gasteiger partial charge in [-0.25, -0.2) is 26.9 Å². The van der Waals surface area contributed by atoms with Crippen LogP contribution in [0.5, 0.6) is 0 Å². The van der Waals surface area contributed by atoms with Gasteiger partial charge >= 0.3 is 0 Å². The monoisotopic (exact) mass is 325 g/mol. The van der Waals surface area contributed by atoms with Gasteiger partial charge < -0.3 is 14.6 Å². The Balaban J connectivity index is 2.40. The SMILES string of the molecule is COC(CC1N=C(C)OC1O)c1c(F)c(F)c(F)c(F)c1F. The third kappa shape index (κ3) is 2.78. The van der Waals surface area contributed by atoms with Crippen LogP contribution in [0.4, 0.5) is 22.0 Å². The third-order valence-corrected chi connectivity index (χ3v) is 3.27. The molecule has 22 heavy (non-hydrogen) atoms. The van der Waals surface area contributed by atoms with E-state index in [0.29, 0.717) is 0 Å². The second-order valence-corrected chi connectivity index (χ2v) is 4.67. The Morgan fingerprint density at radius 3 is 2.00 bits per heavy atom. The normalized spacial score (nSPS) is 22.5. The van der Waals surface area contributed by atoms with Crippen LogP contribution in [-0.2, 0) is 9.47 Å². The van der Waals surface area contributed by atoms with Gasteiger partial charge in [0.1, 0.15) is 6.04 Å². The fourth-order valence-electron chi connectivity index (χ4n) is 2.21. The number of nitrogens with zero attached hydrogens (tertiary/aromatic N) is 1. The van der Waals surface area contributed by atoms with E-state index in [2.05, 4.69) is 4.99 Å². The summed E-state index contributed by atoms with van der Waals surface area (Å²) in [6.07, 6.45) is -3.20. The van der Waals surface area contributed by atoms with Crippen LogP contribution < -0.4 is 0 Å². The smallest absolute Gasteiger partial charge is 0.221 e. The molecule has 0 fully saturated rings. The highest BCUT2D eigenvalue weighted by Crippen LogP contribution is 2.33. The lowest BCUT2D eigenvalue weighted by Gasteiger charge is -2.21. The Hall–Kier alpha value is -1.74. The molecular formula is C13H12F5NO3. The van der Waals surface area contributed by atoms with Gasteiger partial charge in [0, 0.05) is 20.5 Å². The van der Waals surface area contributed by atoms with Gasteiger partial charge in [-0.1, -0.05) is 0 Å². The van der Waals surface area contributed by atoms with Crippen molar-refractivity contribution >= 4 is 5.90 Å². The van der Waals surface area contributed by atoms with Crippen molar-refractivity contribution in [3.63, 3.8) is 0 Å². The number of halogens is 5. The van der Waals surface area contributed by atoms with E-state index >= 15 is 0 Å². The van der Waals surface area contributed by atoms with Crippen molar-refractivity contribution < 1.29 is 36.5 Å². The van der Waals surface area contributed by atoms with Crippen LogP contribution in [0.25, 0.3) is 0 Å². The van der Waals surface area contributed by atoms with Crippen molar-refractivity contribution in [3.05, 3.63) is 34.6 Å². The van der Waals surface area contributed by atoms with Crippen LogP contribution in [0, 0.1) is 29.1 Å². The van der Waals surface area contributed by atoms with Crippen molar-refractivity contribution in [3.8, 4) is 0 Å². The Morgan fingerprint density at radius 2 is 1.59 bits per heavy atom. The Kier molecular flexibility index (Phi) is 4.66. The van der Waals surface area contributed by atoms with E-state index in [1.165, 1.54) is 6.92 Å². The molecule has 1 heterocycles. The average molecular weight is 325 g/mol. The van der Waals surface area contributed by atoms with Crippen molar-refractivity contribution in [2.75, 3.05) is 7.11 Å². The van der Waals surface area contributed by atoms with Gasteiger partial charge in [-0.05, 0) is 0 Å². The standard InChI is InChI=1S/C13H12F5NO3/c1-4-19-5(13(20)22-4)3-6(21-2)7-8(14)10(16)12(18)11(17)9(7)15/h5-6,13,20H,3H2,1-2H3. The van der Waals surface area contributed by atoms with Crippen LogP contribution in [-0.4, -0.2) is 30.4 Å². The van der Waals surface area contributed by atoms with Gasteiger partial charge in [0.05, 0.1) is 11.7 Å². The summed E-state index contributed by atoms with van der Waals surface area (Å²) >= 11 is 0. The predicted octanol–water partition coefficient (Wildman–Crippen LogP) is 2.60. The Labute approximate surface area is 122 Å². The molecule has 3 atom stereocenters. The summed E-state index contributed by atoms with van der Waals surface area (Å²) in [6.45, 7) is 1.45. The minimum Gasteiger partial charge on any atom is -0.450 e. The molecule has 1 aromatic carbocycles. The van der Waals surface area contributed by atoms with Gasteiger partial charge in [0.2, 0.25) is 12.1 Å². The molecule has 1 aliphatic heterocycles. The molecule has 122 valence electrons. The van der Waals surface area contributed by atoms with Crippen LogP contribution in [0.15, 0.2) is 4.99 Å². The minimum atomic E-state index is -2.24. The molecule has 0 bridgehead atoms. The zero-order valence-corrected chi connectivity index (χ0v) is 11.5. The number of rotatable bonds is 4. The van der Waals surface area contributed by atoms with Gasteiger partial charge in [0.15, 0.2) is 29.2 Å². The molecule has 0 saturated heterocycles. The van der Waals surface area contributed by atoms with E-state index in [1.807, 2.05) is 0 Å². The van der Waals surface area contributed by atoms with Gasteiger partial charge in [-0.15, -0.1) is 0 Å². The van der Waals surface area contributed by atoms with Crippen LogP contribution in [0.3, 0.4) is 0 Å². The number of aliphatic hydroxyl groups excluding tert-OH is 1. The molecule has 0 spiro atoms. The molecule has 0 saturated carbocycles. The highest BCUT2D eigenvalue weighted by Gasteiger charge is 2.35. The summed E-state index contributed by atoms with van der Waals surface area (Å²) in [5.41, 5.74) is -1.11. The summed E-state index contributed by atoms with van der Waals surface area (Å²) in [6, 6.07) is -0.945. The predicted molar refractivity (Wildman–Crippen MR) is 64.6 cm³/mol. The first kappa shape index (κ1) is 16.6. The quantitative estimate of drug-likeness (QED) is 0.526. The molecule has 0 aliphatic carbocycles. The molecule has 1 N–H and O–H groups in total. The average Bonchev–Trinajstić information content (AvgIpc) is 2.79. The molecule has 2 rings (SSSR count). The molecular weight excluding hydrogens is 313 g/mol. The molecule has 0 amide bonds. The number of aliphatic imine (C=N–C) groups is 1. The van der Waals surface area contributed by atoms with Crippen LogP contribution >= 0.6 is 0 Å².